The maximum absolute atomic E-state index is 11.0. The molecule has 132 valence electrons. The third-order valence-corrected chi connectivity index (χ3v) is 4.27. The Kier molecular flexibility index (Phi) is 5.03. The van der Waals surface area contributed by atoms with E-state index in [1.165, 1.54) is 5.56 Å². The fourth-order valence-corrected chi connectivity index (χ4v) is 2.72. The first-order valence-corrected chi connectivity index (χ1v) is 8.52. The van der Waals surface area contributed by atoms with Gasteiger partial charge in [-0.2, -0.15) is 0 Å². The van der Waals surface area contributed by atoms with Crippen molar-refractivity contribution < 1.29 is 14.3 Å². The molecule has 0 atom stereocenters. The first-order chi connectivity index (χ1) is 12.4. The molecule has 0 aliphatic heterocycles. The summed E-state index contributed by atoms with van der Waals surface area (Å²) in [7, 11) is 0. The van der Waals surface area contributed by atoms with E-state index in [4.69, 9.17) is 9.52 Å². The zero-order chi connectivity index (χ0) is 18.7. The Balaban J connectivity index is 1.78. The minimum atomic E-state index is -0.935. The van der Waals surface area contributed by atoms with E-state index in [9.17, 15) is 4.79 Å². The lowest BCUT2D eigenvalue weighted by Crippen LogP contribution is -1.96. The van der Waals surface area contributed by atoms with Crippen molar-refractivity contribution in [1.82, 2.24) is 0 Å². The van der Waals surface area contributed by atoms with E-state index in [0.29, 0.717) is 17.4 Å². The Morgan fingerprint density at radius 2 is 1.81 bits per heavy atom. The van der Waals surface area contributed by atoms with Crippen LogP contribution in [0.25, 0.3) is 11.3 Å². The van der Waals surface area contributed by atoms with E-state index in [1.54, 1.807) is 24.4 Å². The SMILES string of the molecule is Cc1cc(C(=O)O)ccc1-c1ccc(C=Nc2ccc(C(C)C)cc2)o1. The molecule has 0 amide bonds. The van der Waals surface area contributed by atoms with Gasteiger partial charge in [0, 0.05) is 5.56 Å². The Hall–Kier alpha value is -3.14. The van der Waals surface area contributed by atoms with Gasteiger partial charge in [0.25, 0.3) is 0 Å². The maximum atomic E-state index is 11.0. The summed E-state index contributed by atoms with van der Waals surface area (Å²) in [6.07, 6.45) is 1.69. The van der Waals surface area contributed by atoms with E-state index in [-0.39, 0.29) is 5.56 Å². The van der Waals surface area contributed by atoms with Gasteiger partial charge in [0.15, 0.2) is 0 Å². The fraction of sp³-hybridized carbons (Fsp3) is 0.182. The molecule has 0 aliphatic carbocycles. The number of furan rings is 1. The largest absolute Gasteiger partial charge is 0.478 e. The van der Waals surface area contributed by atoms with Crippen molar-refractivity contribution in [2.75, 3.05) is 0 Å². The number of aromatic carboxylic acids is 1. The predicted octanol–water partition coefficient (Wildman–Crippen LogP) is 5.83. The third-order valence-electron chi connectivity index (χ3n) is 4.27. The highest BCUT2D eigenvalue weighted by Gasteiger charge is 2.10. The number of carboxylic acids is 1. The quantitative estimate of drug-likeness (QED) is 0.591. The van der Waals surface area contributed by atoms with E-state index in [0.717, 1.165) is 16.8 Å². The Morgan fingerprint density at radius 1 is 1.08 bits per heavy atom. The summed E-state index contributed by atoms with van der Waals surface area (Å²) in [5.41, 5.74) is 4.14. The number of carboxylic acid groups (broad SMARTS) is 1. The minimum absolute atomic E-state index is 0.268. The van der Waals surface area contributed by atoms with E-state index < -0.39 is 5.97 Å². The maximum Gasteiger partial charge on any atom is 0.335 e. The molecule has 0 spiro atoms. The Morgan fingerprint density at radius 3 is 2.42 bits per heavy atom. The van der Waals surface area contributed by atoms with Gasteiger partial charge in [0.2, 0.25) is 0 Å². The number of hydrogen-bond donors (Lipinski definition) is 1. The highest BCUT2D eigenvalue weighted by Crippen LogP contribution is 2.26. The van der Waals surface area contributed by atoms with Crippen LogP contribution in [-0.4, -0.2) is 17.3 Å². The van der Waals surface area contributed by atoms with Crippen LogP contribution in [0.4, 0.5) is 5.69 Å². The predicted molar refractivity (Wildman–Crippen MR) is 104 cm³/mol. The minimum Gasteiger partial charge on any atom is -0.478 e. The molecule has 4 heteroatoms. The molecule has 0 saturated heterocycles. The van der Waals surface area contributed by atoms with Crippen molar-refractivity contribution in [3.8, 4) is 11.3 Å². The molecule has 3 rings (SSSR count). The number of carbonyl (C=O) groups is 1. The second kappa shape index (κ2) is 7.40. The molecule has 0 fully saturated rings. The summed E-state index contributed by atoms with van der Waals surface area (Å²) in [4.78, 5) is 15.5. The summed E-state index contributed by atoms with van der Waals surface area (Å²) in [6.45, 7) is 6.19. The van der Waals surface area contributed by atoms with Crippen LogP contribution in [-0.2, 0) is 0 Å². The Labute approximate surface area is 152 Å². The van der Waals surface area contributed by atoms with Crippen LogP contribution in [0.3, 0.4) is 0 Å². The third kappa shape index (κ3) is 3.91. The molecule has 4 nitrogen and oxygen atoms in total. The summed E-state index contributed by atoms with van der Waals surface area (Å²) in [6, 6.07) is 16.9. The second-order valence-electron chi connectivity index (χ2n) is 6.54. The van der Waals surface area contributed by atoms with Gasteiger partial charge in [-0.1, -0.05) is 32.0 Å². The summed E-state index contributed by atoms with van der Waals surface area (Å²) in [5.74, 6) is 0.900. The molecule has 26 heavy (non-hydrogen) atoms. The summed E-state index contributed by atoms with van der Waals surface area (Å²) in [5, 5.41) is 9.06. The highest BCUT2D eigenvalue weighted by molar-refractivity contribution is 5.89. The van der Waals surface area contributed by atoms with Gasteiger partial charge in [-0.05, 0) is 60.4 Å². The van der Waals surface area contributed by atoms with Crippen molar-refractivity contribution in [2.24, 2.45) is 4.99 Å². The molecule has 0 saturated carbocycles. The Bertz CT molecular complexity index is 950. The monoisotopic (exact) mass is 347 g/mol. The van der Waals surface area contributed by atoms with Gasteiger partial charge in [0.05, 0.1) is 17.5 Å². The zero-order valence-corrected chi connectivity index (χ0v) is 15.1. The molecular formula is C22H21NO3. The number of aryl methyl sites for hydroxylation is 1. The molecule has 1 heterocycles. The summed E-state index contributed by atoms with van der Waals surface area (Å²) < 4.78 is 5.84. The van der Waals surface area contributed by atoms with Crippen LogP contribution in [0.15, 0.2) is 64.0 Å². The topological polar surface area (TPSA) is 62.8 Å². The van der Waals surface area contributed by atoms with Crippen LogP contribution in [0.2, 0.25) is 0 Å². The van der Waals surface area contributed by atoms with Gasteiger partial charge in [0.1, 0.15) is 11.5 Å². The number of hydrogen-bond acceptors (Lipinski definition) is 3. The average Bonchev–Trinajstić information content (AvgIpc) is 3.08. The molecule has 0 unspecified atom stereocenters. The van der Waals surface area contributed by atoms with Gasteiger partial charge >= 0.3 is 5.97 Å². The van der Waals surface area contributed by atoms with Crippen molar-refractivity contribution in [2.45, 2.75) is 26.7 Å². The van der Waals surface area contributed by atoms with E-state index >= 15 is 0 Å². The van der Waals surface area contributed by atoms with Gasteiger partial charge < -0.3 is 9.52 Å². The van der Waals surface area contributed by atoms with Crippen LogP contribution in [0.5, 0.6) is 0 Å². The van der Waals surface area contributed by atoms with Crippen LogP contribution >= 0.6 is 0 Å². The van der Waals surface area contributed by atoms with Crippen LogP contribution < -0.4 is 0 Å². The standard InChI is InChI=1S/C22H21NO3/c1-14(2)16-4-7-18(8-5-16)23-13-19-9-11-21(26-19)20-10-6-17(22(24)25)12-15(20)3/h4-14H,1-3H3,(H,24,25). The molecule has 0 bridgehead atoms. The molecule has 0 radical (unpaired) electrons. The zero-order valence-electron chi connectivity index (χ0n) is 15.1. The molecular weight excluding hydrogens is 326 g/mol. The summed E-state index contributed by atoms with van der Waals surface area (Å²) >= 11 is 0. The van der Waals surface area contributed by atoms with E-state index in [2.05, 4.69) is 31.0 Å². The second-order valence-corrected chi connectivity index (χ2v) is 6.54. The molecule has 3 aromatic rings. The van der Waals surface area contributed by atoms with Crippen LogP contribution in [0.1, 0.15) is 47.0 Å². The van der Waals surface area contributed by atoms with Crippen molar-refractivity contribution in [3.63, 3.8) is 0 Å². The smallest absolute Gasteiger partial charge is 0.335 e. The highest BCUT2D eigenvalue weighted by atomic mass is 16.4. The number of rotatable bonds is 5. The van der Waals surface area contributed by atoms with Crippen molar-refractivity contribution in [1.29, 1.82) is 0 Å². The number of nitrogens with zero attached hydrogens (tertiary/aromatic N) is 1. The number of benzene rings is 2. The fourth-order valence-electron chi connectivity index (χ4n) is 2.72. The first-order valence-electron chi connectivity index (χ1n) is 8.52. The molecule has 1 N–H and O–H groups in total. The van der Waals surface area contributed by atoms with Crippen LogP contribution in [0, 0.1) is 6.92 Å². The van der Waals surface area contributed by atoms with Gasteiger partial charge in [-0.3, -0.25) is 4.99 Å². The normalized spacial score (nSPS) is 11.4. The van der Waals surface area contributed by atoms with Crippen molar-refractivity contribution >= 4 is 17.9 Å². The molecule has 1 aromatic heterocycles. The lowest BCUT2D eigenvalue weighted by atomic mass is 10.0. The van der Waals surface area contributed by atoms with E-state index in [1.807, 2.05) is 31.2 Å². The first kappa shape index (κ1) is 17.7. The average molecular weight is 347 g/mol. The van der Waals surface area contributed by atoms with Gasteiger partial charge in [-0.25, -0.2) is 4.79 Å². The van der Waals surface area contributed by atoms with Gasteiger partial charge in [-0.15, -0.1) is 0 Å². The van der Waals surface area contributed by atoms with Crippen molar-refractivity contribution in [3.05, 3.63) is 77.0 Å². The lowest BCUT2D eigenvalue weighted by molar-refractivity contribution is 0.0697. The number of aliphatic imine (C=N–C) groups is 1. The molecule has 2 aromatic carbocycles. The lowest BCUT2D eigenvalue weighted by Gasteiger charge is -2.04. The molecule has 0 aliphatic rings.